The lowest BCUT2D eigenvalue weighted by Gasteiger charge is -2.61. The third-order valence-electron chi connectivity index (χ3n) is 11.3. The fraction of sp³-hybridized carbons (Fsp3) is 1.00. The van der Waals surface area contributed by atoms with Crippen molar-refractivity contribution in [3.63, 3.8) is 0 Å². The van der Waals surface area contributed by atoms with E-state index in [4.69, 9.17) is 0 Å². The summed E-state index contributed by atoms with van der Waals surface area (Å²) in [5.41, 5.74) is 1.41. The zero-order valence-electron chi connectivity index (χ0n) is 18.6. The van der Waals surface area contributed by atoms with Crippen molar-refractivity contribution < 1.29 is 0 Å². The van der Waals surface area contributed by atoms with Crippen molar-refractivity contribution in [1.29, 1.82) is 0 Å². The molecule has 5 aliphatic carbocycles. The maximum absolute atomic E-state index is 2.76. The number of rotatable bonds is 5. The van der Waals surface area contributed by atoms with Crippen LogP contribution in [0.5, 0.6) is 0 Å². The monoisotopic (exact) mass is 370 g/mol. The molecule has 0 amide bonds. The minimum Gasteiger partial charge on any atom is -0.0622 e. The molecule has 5 rings (SSSR count). The molecule has 27 heavy (non-hydrogen) atoms. The molecule has 0 aromatic rings. The normalized spacial score (nSPS) is 50.6. The molecule has 154 valence electrons. The summed E-state index contributed by atoms with van der Waals surface area (Å²) < 4.78 is 0. The van der Waals surface area contributed by atoms with Gasteiger partial charge in [-0.05, 0) is 104 Å². The first-order valence-corrected chi connectivity index (χ1v) is 13.0. The summed E-state index contributed by atoms with van der Waals surface area (Å²) >= 11 is 0. The van der Waals surface area contributed by atoms with Crippen molar-refractivity contribution in [3.05, 3.63) is 0 Å². The molecule has 5 aliphatic rings. The number of fused-ring (bicyclic) bond motifs is 5. The van der Waals surface area contributed by atoms with Gasteiger partial charge in [-0.2, -0.15) is 0 Å². The van der Waals surface area contributed by atoms with Gasteiger partial charge in [0.25, 0.3) is 0 Å². The van der Waals surface area contributed by atoms with Gasteiger partial charge in [-0.1, -0.05) is 65.7 Å². The summed E-state index contributed by atoms with van der Waals surface area (Å²) in [6, 6.07) is 0. The van der Waals surface area contributed by atoms with E-state index in [-0.39, 0.29) is 0 Å². The SMILES string of the molecule is C[C@H](CCCC1CC1)[C@H]1CC[C@H]2[C@@H]3CC[C@H]4CCCC[C@]4(C)[C@H]3CC[C@]12C. The number of hydrogen-bond acceptors (Lipinski definition) is 0. The van der Waals surface area contributed by atoms with Gasteiger partial charge >= 0.3 is 0 Å². The molecule has 5 fully saturated rings. The lowest BCUT2D eigenvalue weighted by atomic mass is 9.44. The quantitative estimate of drug-likeness (QED) is 0.457. The highest BCUT2D eigenvalue weighted by Gasteiger charge is 2.60. The van der Waals surface area contributed by atoms with E-state index >= 15 is 0 Å². The van der Waals surface area contributed by atoms with E-state index in [9.17, 15) is 0 Å². The second-order valence-corrected chi connectivity index (χ2v) is 12.5. The molecule has 0 saturated heterocycles. The van der Waals surface area contributed by atoms with E-state index in [0.29, 0.717) is 5.41 Å². The highest BCUT2D eigenvalue weighted by atomic mass is 14.6. The predicted octanol–water partition coefficient (Wildman–Crippen LogP) is 8.25. The van der Waals surface area contributed by atoms with Gasteiger partial charge in [0, 0.05) is 0 Å². The molecule has 0 aromatic heterocycles. The average Bonchev–Trinajstić information content (AvgIpc) is 3.40. The van der Waals surface area contributed by atoms with Crippen LogP contribution in [0.2, 0.25) is 0 Å². The Kier molecular flexibility index (Phi) is 4.96. The van der Waals surface area contributed by atoms with Crippen molar-refractivity contribution in [1.82, 2.24) is 0 Å². The lowest BCUT2D eigenvalue weighted by molar-refractivity contribution is -0.114. The van der Waals surface area contributed by atoms with Gasteiger partial charge in [-0.3, -0.25) is 0 Å². The maximum atomic E-state index is 2.76. The Morgan fingerprint density at radius 3 is 2.41 bits per heavy atom. The molecule has 0 spiro atoms. The molecule has 5 saturated carbocycles. The van der Waals surface area contributed by atoms with Crippen molar-refractivity contribution in [2.45, 2.75) is 117 Å². The Morgan fingerprint density at radius 2 is 1.59 bits per heavy atom. The molecule has 0 unspecified atom stereocenters. The van der Waals surface area contributed by atoms with Crippen molar-refractivity contribution in [2.24, 2.45) is 52.3 Å². The van der Waals surface area contributed by atoms with E-state index < -0.39 is 0 Å². The first-order valence-electron chi connectivity index (χ1n) is 13.0. The van der Waals surface area contributed by atoms with Gasteiger partial charge < -0.3 is 0 Å². The highest BCUT2D eigenvalue weighted by Crippen LogP contribution is 2.68. The van der Waals surface area contributed by atoms with Crippen molar-refractivity contribution >= 4 is 0 Å². The van der Waals surface area contributed by atoms with Crippen LogP contribution in [-0.2, 0) is 0 Å². The van der Waals surface area contributed by atoms with E-state index in [1.54, 1.807) is 70.6 Å². The first kappa shape index (κ1) is 19.0. The fourth-order valence-corrected chi connectivity index (χ4v) is 9.61. The van der Waals surface area contributed by atoms with Crippen LogP contribution in [0.1, 0.15) is 117 Å². The zero-order chi connectivity index (χ0) is 18.6. The smallest absolute Gasteiger partial charge is 0.0264 e. The van der Waals surface area contributed by atoms with Crippen LogP contribution in [0.15, 0.2) is 0 Å². The molecule has 0 bridgehead atoms. The van der Waals surface area contributed by atoms with E-state index in [1.807, 2.05) is 0 Å². The summed E-state index contributed by atoms with van der Waals surface area (Å²) in [7, 11) is 0. The summed E-state index contributed by atoms with van der Waals surface area (Å²) in [6.45, 7) is 8.14. The minimum atomic E-state index is 0.692. The Hall–Kier alpha value is 0. The standard InChI is InChI=1S/C27H46/c1-19(7-6-8-20-10-11-20)23-14-15-24-22-13-12-21-9-4-5-17-26(21,2)25(22)16-18-27(23,24)3/h19-25H,4-18H2,1-3H3/t19-,21-,22+,23-,24+,25+,26+,27-/m1/s1. The van der Waals surface area contributed by atoms with Gasteiger partial charge in [0.05, 0.1) is 0 Å². The van der Waals surface area contributed by atoms with Crippen molar-refractivity contribution in [3.8, 4) is 0 Å². The predicted molar refractivity (Wildman–Crippen MR) is 116 cm³/mol. The summed E-state index contributed by atoms with van der Waals surface area (Å²) in [5.74, 6) is 7.48. The third kappa shape index (κ3) is 3.15. The largest absolute Gasteiger partial charge is 0.0622 e. The van der Waals surface area contributed by atoms with E-state index in [2.05, 4.69) is 20.8 Å². The molecule has 0 radical (unpaired) electrons. The topological polar surface area (TPSA) is 0 Å². The molecule has 0 nitrogen and oxygen atoms in total. The van der Waals surface area contributed by atoms with Gasteiger partial charge in [0.15, 0.2) is 0 Å². The Bertz CT molecular complexity index is 532. The van der Waals surface area contributed by atoms with Crippen LogP contribution < -0.4 is 0 Å². The summed E-state index contributed by atoms with van der Waals surface area (Å²) in [5, 5.41) is 0. The van der Waals surface area contributed by atoms with Crippen LogP contribution in [0.4, 0.5) is 0 Å². The van der Waals surface area contributed by atoms with Crippen LogP contribution in [0.3, 0.4) is 0 Å². The van der Waals surface area contributed by atoms with Crippen LogP contribution in [0, 0.1) is 52.3 Å². The van der Waals surface area contributed by atoms with E-state index in [0.717, 1.165) is 46.8 Å². The van der Waals surface area contributed by atoms with Crippen molar-refractivity contribution in [2.75, 3.05) is 0 Å². The second-order valence-electron chi connectivity index (χ2n) is 12.5. The Balaban J connectivity index is 1.28. The summed E-state index contributed by atoms with van der Waals surface area (Å²) in [6.07, 6.45) is 23.3. The van der Waals surface area contributed by atoms with Gasteiger partial charge in [0.2, 0.25) is 0 Å². The fourth-order valence-electron chi connectivity index (χ4n) is 9.61. The zero-order valence-corrected chi connectivity index (χ0v) is 18.6. The van der Waals surface area contributed by atoms with E-state index in [1.165, 1.54) is 25.7 Å². The maximum Gasteiger partial charge on any atom is -0.0264 e. The van der Waals surface area contributed by atoms with Gasteiger partial charge in [-0.15, -0.1) is 0 Å². The Morgan fingerprint density at radius 1 is 0.778 bits per heavy atom. The molecule has 0 heterocycles. The van der Waals surface area contributed by atoms with Crippen LogP contribution >= 0.6 is 0 Å². The molecule has 8 atom stereocenters. The van der Waals surface area contributed by atoms with Gasteiger partial charge in [-0.25, -0.2) is 0 Å². The molecular formula is C27H46. The highest BCUT2D eigenvalue weighted by molar-refractivity contribution is 5.09. The molecule has 0 heteroatoms. The second kappa shape index (κ2) is 7.05. The third-order valence-corrected chi connectivity index (χ3v) is 11.3. The average molecular weight is 371 g/mol. The van der Waals surface area contributed by atoms with Gasteiger partial charge in [0.1, 0.15) is 0 Å². The molecule has 0 aliphatic heterocycles. The Labute approximate surface area is 169 Å². The first-order chi connectivity index (χ1) is 13.0. The van der Waals surface area contributed by atoms with Crippen LogP contribution in [0.25, 0.3) is 0 Å². The molecular weight excluding hydrogens is 324 g/mol. The number of hydrogen-bond donors (Lipinski definition) is 0. The summed E-state index contributed by atoms with van der Waals surface area (Å²) in [4.78, 5) is 0. The van der Waals surface area contributed by atoms with Crippen LogP contribution in [-0.4, -0.2) is 0 Å². The molecule has 0 N–H and O–H groups in total. The lowest BCUT2D eigenvalue weighted by Crippen LogP contribution is -2.53. The minimum absolute atomic E-state index is 0.692. The molecule has 0 aromatic carbocycles.